The Morgan fingerprint density at radius 3 is 2.61 bits per heavy atom. The van der Waals surface area contributed by atoms with Gasteiger partial charge in [-0.3, -0.25) is 4.79 Å². The van der Waals surface area contributed by atoms with Crippen LogP contribution in [0.25, 0.3) is 0 Å². The number of aryl methyl sites for hydroxylation is 1. The molecule has 2 aromatic rings. The summed E-state index contributed by atoms with van der Waals surface area (Å²) in [6.45, 7) is 13.9. The maximum atomic E-state index is 12.1. The van der Waals surface area contributed by atoms with Gasteiger partial charge in [0.15, 0.2) is 0 Å². The van der Waals surface area contributed by atoms with E-state index in [-0.39, 0.29) is 11.7 Å². The quantitative estimate of drug-likeness (QED) is 0.420. The van der Waals surface area contributed by atoms with Crippen molar-refractivity contribution in [3.63, 3.8) is 0 Å². The van der Waals surface area contributed by atoms with Crippen molar-refractivity contribution in [2.24, 2.45) is 0 Å². The number of piperidine rings is 1. The Morgan fingerprint density at radius 1 is 1.05 bits per heavy atom. The summed E-state index contributed by atoms with van der Waals surface area (Å²) >= 11 is 0. The Kier molecular flexibility index (Phi) is 8.32. The minimum Gasteiger partial charge on any atom is -0.508 e. The van der Waals surface area contributed by atoms with Crippen LogP contribution >= 0.6 is 0 Å². The summed E-state index contributed by atoms with van der Waals surface area (Å²) in [6, 6.07) is 5.93. The van der Waals surface area contributed by atoms with Gasteiger partial charge in [0.2, 0.25) is 5.91 Å². The number of aromatic hydroxyl groups is 1. The molecule has 9 heteroatoms. The van der Waals surface area contributed by atoms with Gasteiger partial charge in [0.1, 0.15) is 11.6 Å². The number of ether oxygens (including phenoxy) is 1. The number of aromatic nitrogens is 2. The Bertz CT molecular complexity index is 1140. The van der Waals surface area contributed by atoms with Gasteiger partial charge in [0, 0.05) is 56.6 Å². The molecule has 5 rings (SSSR count). The van der Waals surface area contributed by atoms with Crippen LogP contribution in [0.1, 0.15) is 42.5 Å². The summed E-state index contributed by atoms with van der Waals surface area (Å²) in [6.07, 6.45) is 7.06. The van der Waals surface area contributed by atoms with E-state index in [0.29, 0.717) is 45.3 Å². The molecule has 1 aromatic heterocycles. The molecule has 4 heterocycles. The second-order valence-corrected chi connectivity index (χ2v) is 10.5. The first-order valence-electron chi connectivity index (χ1n) is 14.0. The molecule has 1 N–H and O–H groups in total. The lowest BCUT2D eigenvalue weighted by Crippen LogP contribution is -2.49. The van der Waals surface area contributed by atoms with E-state index in [1.807, 2.05) is 17.0 Å². The largest absolute Gasteiger partial charge is 0.508 e. The molecule has 3 aliphatic rings. The standard InChI is InChI=1S/C29H40N6O3/c1-3-27(37)33-15-17-34(18-16-33)28-24-10-14-35(26-20-23(36)9-8-22(26)2)21-25(24)30-29(31-28)38-19-7-13-32-11-5-4-6-12-32/h3,8-9,20,36H,1,4-7,10-19,21H2,2H3. The Morgan fingerprint density at radius 2 is 1.84 bits per heavy atom. The molecule has 204 valence electrons. The number of piperazine rings is 1. The highest BCUT2D eigenvalue weighted by atomic mass is 16.5. The second kappa shape index (κ2) is 12.0. The van der Waals surface area contributed by atoms with E-state index in [1.54, 1.807) is 6.07 Å². The highest BCUT2D eigenvalue weighted by Crippen LogP contribution is 2.33. The van der Waals surface area contributed by atoms with E-state index in [4.69, 9.17) is 14.7 Å². The highest BCUT2D eigenvalue weighted by Gasteiger charge is 2.29. The predicted octanol–water partition coefficient (Wildman–Crippen LogP) is 3.14. The molecule has 9 nitrogen and oxygen atoms in total. The fourth-order valence-corrected chi connectivity index (χ4v) is 5.76. The summed E-state index contributed by atoms with van der Waals surface area (Å²) in [4.78, 5) is 30.8. The van der Waals surface area contributed by atoms with Gasteiger partial charge in [-0.1, -0.05) is 19.1 Å². The zero-order valence-electron chi connectivity index (χ0n) is 22.6. The van der Waals surface area contributed by atoms with E-state index in [2.05, 4.69) is 28.2 Å². The zero-order chi connectivity index (χ0) is 26.5. The van der Waals surface area contributed by atoms with Crippen molar-refractivity contribution < 1.29 is 14.6 Å². The van der Waals surface area contributed by atoms with E-state index in [1.165, 1.54) is 38.4 Å². The minimum absolute atomic E-state index is 0.0239. The molecule has 2 saturated heterocycles. The third-order valence-corrected chi connectivity index (χ3v) is 7.92. The molecular weight excluding hydrogens is 480 g/mol. The van der Waals surface area contributed by atoms with Crippen LogP contribution in [-0.4, -0.2) is 89.7 Å². The van der Waals surface area contributed by atoms with Gasteiger partial charge >= 0.3 is 6.01 Å². The van der Waals surface area contributed by atoms with E-state index >= 15 is 0 Å². The molecule has 0 bridgehead atoms. The molecular formula is C29H40N6O3. The average molecular weight is 521 g/mol. The van der Waals surface area contributed by atoms with Crippen molar-refractivity contribution in [2.45, 2.75) is 45.6 Å². The van der Waals surface area contributed by atoms with Crippen LogP contribution in [0.4, 0.5) is 11.5 Å². The lowest BCUT2D eigenvalue weighted by atomic mass is 10.0. The van der Waals surface area contributed by atoms with E-state index in [0.717, 1.165) is 54.3 Å². The summed E-state index contributed by atoms with van der Waals surface area (Å²) < 4.78 is 6.14. The number of anilines is 2. The lowest BCUT2D eigenvalue weighted by Gasteiger charge is -2.38. The summed E-state index contributed by atoms with van der Waals surface area (Å²) in [5, 5.41) is 10.1. The molecule has 1 amide bonds. The Hall–Kier alpha value is -3.33. The summed E-state index contributed by atoms with van der Waals surface area (Å²) in [5.41, 5.74) is 4.27. The molecule has 0 unspecified atom stereocenters. The van der Waals surface area contributed by atoms with Gasteiger partial charge in [-0.2, -0.15) is 9.97 Å². The monoisotopic (exact) mass is 520 g/mol. The van der Waals surface area contributed by atoms with E-state index < -0.39 is 0 Å². The first-order valence-corrected chi connectivity index (χ1v) is 14.0. The highest BCUT2D eigenvalue weighted by molar-refractivity contribution is 5.87. The third kappa shape index (κ3) is 6.04. The van der Waals surface area contributed by atoms with Crippen molar-refractivity contribution in [1.29, 1.82) is 0 Å². The smallest absolute Gasteiger partial charge is 0.318 e. The number of benzene rings is 1. The molecule has 0 saturated carbocycles. The van der Waals surface area contributed by atoms with Gasteiger partial charge < -0.3 is 29.4 Å². The SMILES string of the molecule is C=CC(=O)N1CCN(c2nc(OCCCN3CCCCC3)nc3c2CCN(c2cc(O)ccc2C)C3)CC1. The van der Waals surface area contributed by atoms with Crippen LogP contribution < -0.4 is 14.5 Å². The number of phenolic OH excluding ortho intramolecular Hbond substituents is 1. The fourth-order valence-electron chi connectivity index (χ4n) is 5.76. The Labute approximate surface area is 225 Å². The second-order valence-electron chi connectivity index (χ2n) is 10.5. The maximum Gasteiger partial charge on any atom is 0.318 e. The number of fused-ring (bicyclic) bond motifs is 1. The predicted molar refractivity (Wildman–Crippen MR) is 149 cm³/mol. The van der Waals surface area contributed by atoms with Crippen molar-refractivity contribution in [3.8, 4) is 11.8 Å². The van der Waals surface area contributed by atoms with Crippen molar-refractivity contribution in [2.75, 3.05) is 68.8 Å². The van der Waals surface area contributed by atoms with E-state index in [9.17, 15) is 9.90 Å². The molecule has 0 spiro atoms. The molecule has 1 aromatic carbocycles. The van der Waals surface area contributed by atoms with Crippen LogP contribution in [0, 0.1) is 6.92 Å². The maximum absolute atomic E-state index is 12.1. The fraction of sp³-hybridized carbons (Fsp3) is 0.552. The van der Waals surface area contributed by atoms with Crippen LogP contribution in [-0.2, 0) is 17.8 Å². The number of carbonyl (C=O) groups is 1. The number of carbonyl (C=O) groups excluding carboxylic acids is 1. The number of likely N-dealkylation sites (tertiary alicyclic amines) is 1. The third-order valence-electron chi connectivity index (χ3n) is 7.92. The van der Waals surface area contributed by atoms with Crippen LogP contribution in [0.5, 0.6) is 11.8 Å². The molecule has 38 heavy (non-hydrogen) atoms. The van der Waals surface area contributed by atoms with Gasteiger partial charge in [0.25, 0.3) is 0 Å². The molecule has 0 atom stereocenters. The van der Waals surface area contributed by atoms with Crippen LogP contribution in [0.15, 0.2) is 30.9 Å². The normalized spacial score (nSPS) is 18.3. The van der Waals surface area contributed by atoms with Crippen molar-refractivity contribution in [3.05, 3.63) is 47.7 Å². The van der Waals surface area contributed by atoms with Gasteiger partial charge in [-0.05, 0) is 63.4 Å². The summed E-state index contributed by atoms with van der Waals surface area (Å²) in [7, 11) is 0. The molecule has 3 aliphatic heterocycles. The number of amides is 1. The molecule has 2 fully saturated rings. The van der Waals surface area contributed by atoms with Crippen molar-refractivity contribution in [1.82, 2.24) is 19.8 Å². The van der Waals surface area contributed by atoms with Gasteiger partial charge in [-0.25, -0.2) is 0 Å². The topological polar surface area (TPSA) is 85.3 Å². The first-order chi connectivity index (χ1) is 18.5. The molecule has 0 radical (unpaired) electrons. The lowest BCUT2D eigenvalue weighted by molar-refractivity contribution is -0.126. The number of nitrogens with zero attached hydrogens (tertiary/aromatic N) is 6. The van der Waals surface area contributed by atoms with Crippen LogP contribution in [0.3, 0.4) is 0 Å². The Balaban J connectivity index is 1.34. The minimum atomic E-state index is -0.0239. The first kappa shape index (κ1) is 26.3. The molecule has 0 aliphatic carbocycles. The number of hydrogen-bond donors (Lipinski definition) is 1. The summed E-state index contributed by atoms with van der Waals surface area (Å²) in [5.74, 6) is 1.17. The number of hydrogen-bond acceptors (Lipinski definition) is 8. The van der Waals surface area contributed by atoms with Crippen LogP contribution in [0.2, 0.25) is 0 Å². The number of phenols is 1. The van der Waals surface area contributed by atoms with Gasteiger partial charge in [-0.15, -0.1) is 0 Å². The van der Waals surface area contributed by atoms with Gasteiger partial charge in [0.05, 0.1) is 18.8 Å². The van der Waals surface area contributed by atoms with Crippen molar-refractivity contribution >= 4 is 17.4 Å². The number of rotatable bonds is 8. The zero-order valence-corrected chi connectivity index (χ0v) is 22.6. The average Bonchev–Trinajstić information content (AvgIpc) is 2.96.